The molecule has 1 aromatic heterocycles. The molecule has 5 nitrogen and oxygen atoms in total. The van der Waals surface area contributed by atoms with Crippen molar-refractivity contribution < 1.29 is 18.9 Å². The number of hydrogen-bond acceptors (Lipinski definition) is 4. The third kappa shape index (κ3) is 8.46. The molecule has 0 aliphatic carbocycles. The number of benzene rings is 6. The fourth-order valence-electron chi connectivity index (χ4n) is 8.29. The minimum absolute atomic E-state index is 0.0300. The zero-order chi connectivity index (χ0) is 45.1. The number of ether oxygens (including phenoxy) is 4. The Morgan fingerprint density at radius 1 is 0.355 bits per heavy atom. The highest BCUT2D eigenvalue weighted by atomic mass is 31.1. The van der Waals surface area contributed by atoms with Gasteiger partial charge < -0.3 is 23.3 Å². The van der Waals surface area contributed by atoms with Crippen molar-refractivity contribution in [3.63, 3.8) is 0 Å². The van der Waals surface area contributed by atoms with Crippen LogP contribution in [0.15, 0.2) is 109 Å². The zero-order valence-corrected chi connectivity index (χ0v) is 40.8. The van der Waals surface area contributed by atoms with Crippen molar-refractivity contribution in [1.82, 2.24) is 4.34 Å². The van der Waals surface area contributed by atoms with Gasteiger partial charge in [-0.2, -0.15) is 0 Å². The highest BCUT2D eigenvalue weighted by Gasteiger charge is 2.34. The second kappa shape index (κ2) is 16.5. The second-order valence-corrected chi connectivity index (χ2v) is 22.6. The molecule has 0 fully saturated rings. The molecule has 6 aromatic carbocycles. The van der Waals surface area contributed by atoms with Crippen LogP contribution in [0.2, 0.25) is 0 Å². The first-order valence-corrected chi connectivity index (χ1v) is 23.0. The summed E-state index contributed by atoms with van der Waals surface area (Å²) in [4.78, 5) is 0. The fourth-order valence-corrected chi connectivity index (χ4v) is 11.2. The van der Waals surface area contributed by atoms with Gasteiger partial charge in [-0.15, -0.1) is 0 Å². The number of aromatic nitrogens is 1. The SMILES string of the molecule is COc1cccc(OC)c1P(c1c(OC)cccc1OC)n1c2cc(-c3cc(C(C)(C)C)cc(C(C)(C)C)c3)ccc2c2ccc(-c3cc(C(C)(C)C)cc(C(C)(C)C)c3)cc21. The molecule has 7 rings (SSSR count). The normalized spacial score (nSPS) is 12.7. The van der Waals surface area contributed by atoms with Gasteiger partial charge >= 0.3 is 0 Å². The molecule has 0 bridgehead atoms. The van der Waals surface area contributed by atoms with Gasteiger partial charge in [0.1, 0.15) is 23.0 Å². The van der Waals surface area contributed by atoms with Crippen LogP contribution in [-0.4, -0.2) is 32.8 Å². The highest BCUT2D eigenvalue weighted by molar-refractivity contribution is 7.72. The van der Waals surface area contributed by atoms with Crippen molar-refractivity contribution >= 4 is 40.5 Å². The quantitative estimate of drug-likeness (QED) is 0.136. The summed E-state index contributed by atoms with van der Waals surface area (Å²) < 4.78 is 27.6. The number of methoxy groups -OCH3 is 4. The molecule has 1 heterocycles. The lowest BCUT2D eigenvalue weighted by Crippen LogP contribution is -2.23. The van der Waals surface area contributed by atoms with Crippen molar-refractivity contribution in [1.29, 1.82) is 0 Å². The number of hydrogen-bond donors (Lipinski definition) is 0. The van der Waals surface area contributed by atoms with Crippen molar-refractivity contribution in [2.45, 2.75) is 105 Å². The highest BCUT2D eigenvalue weighted by Crippen LogP contribution is 2.53. The van der Waals surface area contributed by atoms with Gasteiger partial charge in [0.15, 0.2) is 0 Å². The molecule has 0 aliphatic heterocycles. The summed E-state index contributed by atoms with van der Waals surface area (Å²) in [5.74, 6) is 2.91. The average molecular weight is 848 g/mol. The molecule has 324 valence electrons. The van der Waals surface area contributed by atoms with E-state index >= 15 is 0 Å². The summed E-state index contributed by atoms with van der Waals surface area (Å²) in [7, 11) is 5.37. The Bertz CT molecular complexity index is 2490. The third-order valence-corrected chi connectivity index (χ3v) is 14.7. The van der Waals surface area contributed by atoms with Crippen molar-refractivity contribution in [2.24, 2.45) is 0 Å². The summed E-state index contributed by atoms with van der Waals surface area (Å²) in [5.41, 5.74) is 12.0. The minimum atomic E-state index is -1.56. The molecule has 7 aromatic rings. The monoisotopic (exact) mass is 847 g/mol. The van der Waals surface area contributed by atoms with E-state index in [2.05, 4.69) is 160 Å². The molecule has 0 spiro atoms. The number of rotatable bonds is 9. The summed E-state index contributed by atoms with van der Waals surface area (Å²) in [5, 5.41) is 4.18. The van der Waals surface area contributed by atoms with Crippen molar-refractivity contribution in [2.75, 3.05) is 28.4 Å². The summed E-state index contributed by atoms with van der Waals surface area (Å²) in [6.07, 6.45) is 0. The smallest absolute Gasteiger partial charge is 0.132 e. The Hall–Kier alpha value is -5.25. The first kappa shape index (κ1) is 44.8. The molecule has 62 heavy (non-hydrogen) atoms. The van der Waals surface area contributed by atoms with E-state index in [4.69, 9.17) is 18.9 Å². The first-order valence-electron chi connectivity index (χ1n) is 21.7. The lowest BCUT2D eigenvalue weighted by molar-refractivity contribution is 0.399. The maximum atomic E-state index is 6.27. The van der Waals surface area contributed by atoms with Gasteiger partial charge in [0.2, 0.25) is 0 Å². The Balaban J connectivity index is 1.68. The molecule has 0 saturated heterocycles. The Morgan fingerprint density at radius 3 is 0.903 bits per heavy atom. The molecule has 0 radical (unpaired) electrons. The maximum absolute atomic E-state index is 6.27. The van der Waals surface area contributed by atoms with Crippen LogP contribution >= 0.6 is 8.07 Å². The summed E-state index contributed by atoms with van der Waals surface area (Å²) >= 11 is 0. The number of fused-ring (bicyclic) bond motifs is 3. The van der Waals surface area contributed by atoms with Gasteiger partial charge in [-0.05, 0) is 103 Å². The zero-order valence-electron chi connectivity index (χ0n) is 39.9. The fraction of sp³-hybridized carbons (Fsp3) is 0.357. The Morgan fingerprint density at radius 2 is 0.645 bits per heavy atom. The molecule has 0 amide bonds. The van der Waals surface area contributed by atoms with Crippen LogP contribution in [-0.2, 0) is 21.7 Å². The van der Waals surface area contributed by atoms with E-state index in [0.717, 1.165) is 66.5 Å². The van der Waals surface area contributed by atoms with Gasteiger partial charge in [0, 0.05) is 10.8 Å². The van der Waals surface area contributed by atoms with Crippen LogP contribution in [0.1, 0.15) is 105 Å². The van der Waals surface area contributed by atoms with Crippen LogP contribution in [0.4, 0.5) is 0 Å². The molecular weight excluding hydrogens is 782 g/mol. The Kier molecular flexibility index (Phi) is 11.9. The van der Waals surface area contributed by atoms with Crippen LogP contribution in [0.5, 0.6) is 23.0 Å². The average Bonchev–Trinajstić information content (AvgIpc) is 3.54. The van der Waals surface area contributed by atoms with Crippen molar-refractivity contribution in [3.8, 4) is 45.3 Å². The lowest BCUT2D eigenvalue weighted by atomic mass is 9.79. The lowest BCUT2D eigenvalue weighted by Gasteiger charge is -2.28. The minimum Gasteiger partial charge on any atom is -0.496 e. The van der Waals surface area contributed by atoms with E-state index in [1.54, 1.807) is 28.4 Å². The van der Waals surface area contributed by atoms with Crippen LogP contribution < -0.4 is 29.6 Å². The van der Waals surface area contributed by atoms with Crippen LogP contribution in [0, 0.1) is 0 Å². The predicted octanol–water partition coefficient (Wildman–Crippen LogP) is 14.2. The van der Waals surface area contributed by atoms with Gasteiger partial charge in [0.05, 0.1) is 58.2 Å². The third-order valence-electron chi connectivity index (χ3n) is 12.2. The molecule has 0 unspecified atom stereocenters. The molecule has 6 heteroatoms. The topological polar surface area (TPSA) is 41.9 Å². The largest absolute Gasteiger partial charge is 0.496 e. The molecule has 0 saturated carbocycles. The summed E-state index contributed by atoms with van der Waals surface area (Å²) in [6.45, 7) is 27.6. The van der Waals surface area contributed by atoms with E-state index < -0.39 is 8.07 Å². The Labute approximate surface area is 372 Å². The van der Waals surface area contributed by atoms with E-state index in [9.17, 15) is 0 Å². The van der Waals surface area contributed by atoms with E-state index in [1.165, 1.54) is 33.4 Å². The maximum Gasteiger partial charge on any atom is 0.132 e. The molecule has 0 aliphatic rings. The molecule has 0 N–H and O–H groups in total. The van der Waals surface area contributed by atoms with E-state index in [1.807, 2.05) is 36.4 Å². The van der Waals surface area contributed by atoms with Gasteiger partial charge in [-0.1, -0.05) is 156 Å². The van der Waals surface area contributed by atoms with Gasteiger partial charge in [-0.25, -0.2) is 0 Å². The number of nitrogens with zero attached hydrogens (tertiary/aromatic N) is 1. The predicted molar refractivity (Wildman–Crippen MR) is 266 cm³/mol. The van der Waals surface area contributed by atoms with Crippen molar-refractivity contribution in [3.05, 3.63) is 131 Å². The van der Waals surface area contributed by atoms with E-state index in [-0.39, 0.29) is 21.7 Å². The van der Waals surface area contributed by atoms with Crippen LogP contribution in [0.25, 0.3) is 44.1 Å². The van der Waals surface area contributed by atoms with E-state index in [0.29, 0.717) is 0 Å². The standard InChI is InChI=1S/C56H66NO4P/c1-53(2,3)39-27-37(28-40(33-39)54(4,5)6)35-23-25-43-44-26-24-36(38-29-41(55(7,8)9)34-42(30-38)56(10,11)12)32-46(44)57(45(43)31-35)62(51-47(58-13)19-17-20-48(51)59-14)52-49(60-15)21-18-22-50(52)61-16/h17-34H,1-16H3. The van der Waals surface area contributed by atoms with Crippen LogP contribution in [0.3, 0.4) is 0 Å². The first-order chi connectivity index (χ1) is 29.1. The van der Waals surface area contributed by atoms with Gasteiger partial charge in [0.25, 0.3) is 0 Å². The van der Waals surface area contributed by atoms with Gasteiger partial charge in [-0.3, -0.25) is 0 Å². The molecular formula is C56H66NO4P. The second-order valence-electron chi connectivity index (χ2n) is 20.7. The summed E-state index contributed by atoms with van der Waals surface area (Å²) in [6, 6.07) is 40.4. The molecule has 0 atom stereocenters.